The second-order valence-corrected chi connectivity index (χ2v) is 10.2. The molecule has 1 saturated heterocycles. The summed E-state index contributed by atoms with van der Waals surface area (Å²) in [7, 11) is 0. The monoisotopic (exact) mass is 438 g/mol. The Hall–Kier alpha value is -2.83. The highest BCUT2D eigenvalue weighted by atomic mass is 16.7. The van der Waals surface area contributed by atoms with E-state index in [4.69, 9.17) is 9.47 Å². The number of allylic oxidation sites excluding steroid dienone is 1. The van der Waals surface area contributed by atoms with Crippen LogP contribution in [0, 0.1) is 0 Å². The number of nitrogens with zero attached hydrogens (tertiary/aromatic N) is 2. The molecule has 170 valence electrons. The fourth-order valence-electron chi connectivity index (χ4n) is 5.94. The molecule has 4 aliphatic rings. The predicted molar refractivity (Wildman–Crippen MR) is 117 cm³/mol. The molecule has 0 aromatic heterocycles. The summed E-state index contributed by atoms with van der Waals surface area (Å²) in [6.45, 7) is 8.51. The minimum atomic E-state index is -0.797. The van der Waals surface area contributed by atoms with Gasteiger partial charge in [0.05, 0.1) is 11.5 Å². The number of ketones is 1. The molecule has 3 aliphatic heterocycles. The van der Waals surface area contributed by atoms with Crippen LogP contribution in [0.5, 0.6) is 11.5 Å². The summed E-state index contributed by atoms with van der Waals surface area (Å²) in [6.07, 6.45) is 5.80. The highest BCUT2D eigenvalue weighted by molar-refractivity contribution is 5.99. The van der Waals surface area contributed by atoms with E-state index in [-0.39, 0.29) is 36.9 Å². The van der Waals surface area contributed by atoms with Gasteiger partial charge in [0.2, 0.25) is 18.6 Å². The van der Waals surface area contributed by atoms with Gasteiger partial charge in [0, 0.05) is 24.9 Å². The van der Waals surface area contributed by atoms with Crippen LogP contribution in [-0.4, -0.2) is 51.8 Å². The van der Waals surface area contributed by atoms with E-state index >= 15 is 0 Å². The van der Waals surface area contributed by atoms with Crippen molar-refractivity contribution in [3.8, 4) is 11.5 Å². The van der Waals surface area contributed by atoms with Crippen molar-refractivity contribution in [3.05, 3.63) is 35.4 Å². The topological polar surface area (TPSA) is 76.2 Å². The summed E-state index contributed by atoms with van der Waals surface area (Å²) < 4.78 is 11.3. The van der Waals surface area contributed by atoms with Crippen molar-refractivity contribution in [3.63, 3.8) is 0 Å². The number of fused-ring (bicyclic) bond motifs is 2. The number of amides is 2. The van der Waals surface area contributed by atoms with E-state index in [2.05, 4.69) is 6.92 Å². The molecule has 1 aromatic rings. The summed E-state index contributed by atoms with van der Waals surface area (Å²) in [4.78, 5) is 43.6. The molecule has 3 heterocycles. The van der Waals surface area contributed by atoms with E-state index < -0.39 is 17.0 Å². The lowest BCUT2D eigenvalue weighted by atomic mass is 9.63. The van der Waals surface area contributed by atoms with Crippen molar-refractivity contribution < 1.29 is 23.9 Å². The summed E-state index contributed by atoms with van der Waals surface area (Å²) in [6, 6.07) is 2.87. The zero-order valence-corrected chi connectivity index (χ0v) is 19.1. The first-order chi connectivity index (χ1) is 15.2. The maximum atomic E-state index is 14.0. The average Bonchev–Trinajstić information content (AvgIpc) is 3.29. The van der Waals surface area contributed by atoms with Gasteiger partial charge in [0.25, 0.3) is 0 Å². The SMILES string of the molecule is CCCCC(=O)N1Cc2cc3c(cc2C24C=CC(=O)C[C@@H]2N(C(C)(C)C)C(=O)[C@@H]14)OCO3. The summed E-state index contributed by atoms with van der Waals surface area (Å²) >= 11 is 0. The normalized spacial score (nSPS) is 28.0. The predicted octanol–water partition coefficient (Wildman–Crippen LogP) is 3.09. The van der Waals surface area contributed by atoms with Crippen LogP contribution in [0.2, 0.25) is 0 Å². The Balaban J connectivity index is 1.75. The summed E-state index contributed by atoms with van der Waals surface area (Å²) in [5.74, 6) is 1.19. The Morgan fingerprint density at radius 2 is 1.91 bits per heavy atom. The highest BCUT2D eigenvalue weighted by Crippen LogP contribution is 2.55. The molecule has 1 aromatic carbocycles. The maximum Gasteiger partial charge on any atom is 0.247 e. The van der Waals surface area contributed by atoms with Crippen molar-refractivity contribution in [1.29, 1.82) is 0 Å². The first kappa shape index (κ1) is 21.0. The Morgan fingerprint density at radius 1 is 1.19 bits per heavy atom. The minimum absolute atomic E-state index is 0.0000475. The maximum absolute atomic E-state index is 14.0. The van der Waals surface area contributed by atoms with Gasteiger partial charge in [-0.3, -0.25) is 14.4 Å². The van der Waals surface area contributed by atoms with E-state index in [1.807, 2.05) is 43.9 Å². The Morgan fingerprint density at radius 3 is 2.59 bits per heavy atom. The van der Waals surface area contributed by atoms with Gasteiger partial charge in [-0.05, 0) is 56.5 Å². The van der Waals surface area contributed by atoms with Gasteiger partial charge in [-0.1, -0.05) is 19.4 Å². The summed E-state index contributed by atoms with van der Waals surface area (Å²) in [5, 5.41) is 0. The molecule has 3 atom stereocenters. The zero-order chi connectivity index (χ0) is 22.8. The molecule has 1 aliphatic carbocycles. The third kappa shape index (κ3) is 2.82. The fraction of sp³-hybridized carbons (Fsp3) is 0.560. The molecule has 1 spiro atoms. The van der Waals surface area contributed by atoms with E-state index in [1.54, 1.807) is 11.0 Å². The lowest BCUT2D eigenvalue weighted by Gasteiger charge is -2.48. The van der Waals surface area contributed by atoms with Crippen molar-refractivity contribution in [2.75, 3.05) is 6.79 Å². The fourth-order valence-corrected chi connectivity index (χ4v) is 5.94. The number of rotatable bonds is 3. The standard InChI is InChI=1S/C25H30N2O5/c1-5-6-7-21(29)26-13-15-10-18-19(32-14-31-18)12-17(15)25-9-8-16(28)11-20(25)27(24(2,3)4)23(30)22(25)26/h8-10,12,20,22H,5-7,11,13-14H2,1-4H3/t20-,22+,25?/m0/s1. The number of ether oxygens (including phenoxy) is 2. The van der Waals surface area contributed by atoms with Crippen LogP contribution in [0.4, 0.5) is 0 Å². The molecular weight excluding hydrogens is 408 g/mol. The first-order valence-corrected chi connectivity index (χ1v) is 11.5. The number of hydrogen-bond acceptors (Lipinski definition) is 5. The van der Waals surface area contributed by atoms with E-state index in [0.29, 0.717) is 24.5 Å². The smallest absolute Gasteiger partial charge is 0.247 e. The molecule has 1 fully saturated rings. The molecule has 1 unspecified atom stereocenters. The Labute approximate surface area is 188 Å². The van der Waals surface area contributed by atoms with Gasteiger partial charge in [0.15, 0.2) is 17.3 Å². The highest BCUT2D eigenvalue weighted by Gasteiger charge is 2.66. The van der Waals surface area contributed by atoms with E-state index in [9.17, 15) is 14.4 Å². The van der Waals surface area contributed by atoms with Gasteiger partial charge in [-0.25, -0.2) is 0 Å². The first-order valence-electron chi connectivity index (χ1n) is 11.5. The van der Waals surface area contributed by atoms with Gasteiger partial charge in [-0.15, -0.1) is 0 Å². The van der Waals surface area contributed by atoms with Crippen LogP contribution < -0.4 is 9.47 Å². The van der Waals surface area contributed by atoms with Crippen molar-refractivity contribution >= 4 is 17.6 Å². The average molecular weight is 439 g/mol. The molecule has 32 heavy (non-hydrogen) atoms. The van der Waals surface area contributed by atoms with Crippen molar-refractivity contribution in [1.82, 2.24) is 9.80 Å². The van der Waals surface area contributed by atoms with E-state index in [0.717, 1.165) is 24.0 Å². The lowest BCUT2D eigenvalue weighted by molar-refractivity contribution is -0.146. The largest absolute Gasteiger partial charge is 0.454 e. The van der Waals surface area contributed by atoms with Gasteiger partial charge >= 0.3 is 0 Å². The lowest BCUT2D eigenvalue weighted by Crippen LogP contribution is -2.59. The van der Waals surface area contributed by atoms with Crippen LogP contribution in [0.25, 0.3) is 0 Å². The Kier molecular flexibility index (Phi) is 4.66. The third-order valence-corrected chi connectivity index (χ3v) is 7.23. The van der Waals surface area contributed by atoms with Gasteiger partial charge < -0.3 is 19.3 Å². The second kappa shape index (κ2) is 7.09. The zero-order valence-electron chi connectivity index (χ0n) is 19.1. The molecular formula is C25H30N2O5. The van der Waals surface area contributed by atoms with E-state index in [1.165, 1.54) is 0 Å². The van der Waals surface area contributed by atoms with Crippen molar-refractivity contribution in [2.24, 2.45) is 0 Å². The molecule has 7 heteroatoms. The third-order valence-electron chi connectivity index (χ3n) is 7.23. The minimum Gasteiger partial charge on any atom is -0.454 e. The number of carbonyl (C=O) groups excluding carboxylic acids is 3. The van der Waals surface area contributed by atoms with Crippen LogP contribution >= 0.6 is 0 Å². The molecule has 0 bridgehead atoms. The quantitative estimate of drug-likeness (QED) is 0.725. The molecule has 5 rings (SSSR count). The van der Waals surface area contributed by atoms with Gasteiger partial charge in [-0.2, -0.15) is 0 Å². The van der Waals surface area contributed by atoms with Crippen LogP contribution in [-0.2, 0) is 26.3 Å². The molecule has 0 N–H and O–H groups in total. The van der Waals surface area contributed by atoms with Crippen LogP contribution in [0.3, 0.4) is 0 Å². The Bertz CT molecular complexity index is 1040. The molecule has 2 amide bonds. The summed E-state index contributed by atoms with van der Waals surface area (Å²) in [5.41, 5.74) is 0.615. The number of unbranched alkanes of at least 4 members (excludes halogenated alkanes) is 1. The number of hydrogen-bond donors (Lipinski definition) is 0. The van der Waals surface area contributed by atoms with Gasteiger partial charge in [0.1, 0.15) is 6.04 Å². The molecule has 7 nitrogen and oxygen atoms in total. The molecule has 0 radical (unpaired) electrons. The number of carbonyl (C=O) groups is 3. The van der Waals surface area contributed by atoms with Crippen LogP contribution in [0.15, 0.2) is 24.3 Å². The van der Waals surface area contributed by atoms with Crippen LogP contribution in [0.1, 0.15) is 64.5 Å². The number of likely N-dealkylation sites (tertiary alicyclic amines) is 1. The second-order valence-electron chi connectivity index (χ2n) is 10.2. The number of benzene rings is 1. The van der Waals surface area contributed by atoms with Crippen molar-refractivity contribution in [2.45, 2.75) is 83.0 Å². The molecule has 0 saturated carbocycles.